The molecule has 1 unspecified atom stereocenters. The number of fused-ring (bicyclic) bond motifs is 1. The molecular formula is C10H14BrN3. The summed E-state index contributed by atoms with van der Waals surface area (Å²) in [6.07, 6.45) is 4.62. The van der Waals surface area contributed by atoms with E-state index in [0.717, 1.165) is 25.3 Å². The largest absolute Gasteiger partial charge is 0.327 e. The Morgan fingerprint density at radius 1 is 1.36 bits per heavy atom. The molecule has 2 aliphatic rings. The molecule has 0 spiro atoms. The third-order valence-corrected chi connectivity index (χ3v) is 3.98. The second-order valence-electron chi connectivity index (χ2n) is 4.38. The van der Waals surface area contributed by atoms with Gasteiger partial charge in [0.2, 0.25) is 0 Å². The van der Waals surface area contributed by atoms with Crippen molar-refractivity contribution < 1.29 is 0 Å². The minimum Gasteiger partial charge on any atom is -0.327 e. The lowest BCUT2D eigenvalue weighted by Crippen LogP contribution is -2.30. The first-order valence-electron chi connectivity index (χ1n) is 5.26. The van der Waals surface area contributed by atoms with Crippen molar-refractivity contribution in [2.45, 2.75) is 44.2 Å². The van der Waals surface area contributed by atoms with Crippen LogP contribution in [0.5, 0.6) is 0 Å². The van der Waals surface area contributed by atoms with Crippen molar-refractivity contribution in [2.75, 3.05) is 0 Å². The predicted octanol–water partition coefficient (Wildman–Crippen LogP) is 1.80. The second kappa shape index (κ2) is 3.07. The fraction of sp³-hybridized carbons (Fsp3) is 0.700. The van der Waals surface area contributed by atoms with Gasteiger partial charge in [-0.15, -0.1) is 0 Å². The highest BCUT2D eigenvalue weighted by molar-refractivity contribution is 9.10. The normalized spacial score (nSPS) is 26.3. The highest BCUT2D eigenvalue weighted by atomic mass is 79.9. The first-order chi connectivity index (χ1) is 6.75. The summed E-state index contributed by atoms with van der Waals surface area (Å²) in [6.45, 7) is 1.02. The molecule has 0 saturated heterocycles. The third kappa shape index (κ3) is 1.32. The highest BCUT2D eigenvalue weighted by Crippen LogP contribution is 2.43. The first-order valence-corrected chi connectivity index (χ1v) is 6.05. The summed E-state index contributed by atoms with van der Waals surface area (Å²) >= 11 is 3.66. The lowest BCUT2D eigenvalue weighted by atomic mass is 10.1. The number of nitrogens with two attached hydrogens (primary N) is 1. The zero-order valence-electron chi connectivity index (χ0n) is 8.04. The first kappa shape index (κ1) is 8.92. The maximum absolute atomic E-state index is 5.93. The average Bonchev–Trinajstić information content (AvgIpc) is 2.93. The molecule has 1 aromatic rings. The lowest BCUT2D eigenvalue weighted by Gasteiger charge is -2.19. The summed E-state index contributed by atoms with van der Waals surface area (Å²) < 4.78 is 3.50. The van der Waals surface area contributed by atoms with Crippen LogP contribution in [-0.2, 0) is 13.0 Å². The van der Waals surface area contributed by atoms with E-state index in [2.05, 4.69) is 20.5 Å². The maximum Gasteiger partial charge on any atom is 0.111 e. The number of hydrogen-bond donors (Lipinski definition) is 1. The molecule has 0 aromatic carbocycles. The molecule has 4 heteroatoms. The SMILES string of the molecule is NC1CCn2c(nc(C3CC3)c2Br)C1. The van der Waals surface area contributed by atoms with E-state index in [4.69, 9.17) is 10.7 Å². The van der Waals surface area contributed by atoms with Gasteiger partial charge in [0.05, 0.1) is 5.69 Å². The molecule has 0 radical (unpaired) electrons. The molecule has 1 aromatic heterocycles. The van der Waals surface area contributed by atoms with Crippen molar-refractivity contribution in [3.8, 4) is 0 Å². The summed E-state index contributed by atoms with van der Waals surface area (Å²) in [4.78, 5) is 4.70. The maximum atomic E-state index is 5.93. The number of nitrogens with zero attached hydrogens (tertiary/aromatic N) is 2. The molecule has 2 N–H and O–H groups in total. The summed E-state index contributed by atoms with van der Waals surface area (Å²) in [5.41, 5.74) is 7.20. The molecule has 3 nitrogen and oxygen atoms in total. The number of imidazole rings is 1. The minimum atomic E-state index is 0.309. The molecule has 14 heavy (non-hydrogen) atoms. The molecule has 3 rings (SSSR count). The van der Waals surface area contributed by atoms with Gasteiger partial charge in [-0.2, -0.15) is 0 Å². The van der Waals surface area contributed by atoms with Gasteiger partial charge in [0.15, 0.2) is 0 Å². The molecule has 1 fully saturated rings. The zero-order valence-corrected chi connectivity index (χ0v) is 9.63. The van der Waals surface area contributed by atoms with Gasteiger partial charge in [-0.1, -0.05) is 0 Å². The minimum absolute atomic E-state index is 0.309. The molecule has 1 aliphatic carbocycles. The van der Waals surface area contributed by atoms with Crippen LogP contribution in [-0.4, -0.2) is 15.6 Å². The van der Waals surface area contributed by atoms with E-state index in [0.29, 0.717) is 6.04 Å². The van der Waals surface area contributed by atoms with Crippen LogP contribution < -0.4 is 5.73 Å². The summed E-state index contributed by atoms with van der Waals surface area (Å²) in [6, 6.07) is 0.309. The number of rotatable bonds is 1. The molecule has 0 amide bonds. The van der Waals surface area contributed by atoms with E-state index in [1.807, 2.05) is 0 Å². The molecule has 0 bridgehead atoms. The van der Waals surface area contributed by atoms with Gasteiger partial charge >= 0.3 is 0 Å². The van der Waals surface area contributed by atoms with Gasteiger partial charge in [0.1, 0.15) is 10.4 Å². The van der Waals surface area contributed by atoms with Crippen LogP contribution >= 0.6 is 15.9 Å². The Morgan fingerprint density at radius 2 is 2.14 bits per heavy atom. The Labute approximate surface area is 91.8 Å². The van der Waals surface area contributed by atoms with E-state index >= 15 is 0 Å². The van der Waals surface area contributed by atoms with Gasteiger partial charge in [0, 0.05) is 24.9 Å². The van der Waals surface area contributed by atoms with Crippen LogP contribution in [0.3, 0.4) is 0 Å². The Kier molecular flexibility index (Phi) is 1.96. The summed E-state index contributed by atoms with van der Waals surface area (Å²) in [5, 5.41) is 0. The quantitative estimate of drug-likeness (QED) is 0.832. The van der Waals surface area contributed by atoms with Crippen LogP contribution in [0.15, 0.2) is 4.60 Å². The number of halogens is 1. The van der Waals surface area contributed by atoms with Gasteiger partial charge in [-0.05, 0) is 35.2 Å². The van der Waals surface area contributed by atoms with Crippen LogP contribution in [0, 0.1) is 0 Å². The molecule has 76 valence electrons. The molecule has 1 atom stereocenters. The van der Waals surface area contributed by atoms with Crippen LogP contribution in [0.1, 0.15) is 36.7 Å². The monoisotopic (exact) mass is 255 g/mol. The zero-order chi connectivity index (χ0) is 9.71. The van der Waals surface area contributed by atoms with Crippen molar-refractivity contribution in [1.82, 2.24) is 9.55 Å². The van der Waals surface area contributed by atoms with Gasteiger partial charge < -0.3 is 10.3 Å². The molecule has 1 saturated carbocycles. The van der Waals surface area contributed by atoms with E-state index in [1.165, 1.54) is 29.0 Å². The number of hydrogen-bond acceptors (Lipinski definition) is 2. The van der Waals surface area contributed by atoms with Crippen molar-refractivity contribution in [1.29, 1.82) is 0 Å². The fourth-order valence-corrected chi connectivity index (χ4v) is 2.92. The molecular weight excluding hydrogens is 242 g/mol. The van der Waals surface area contributed by atoms with Crippen molar-refractivity contribution in [3.05, 3.63) is 16.1 Å². The highest BCUT2D eigenvalue weighted by Gasteiger charge is 2.31. The summed E-state index contributed by atoms with van der Waals surface area (Å²) in [7, 11) is 0. The van der Waals surface area contributed by atoms with E-state index in [9.17, 15) is 0 Å². The van der Waals surface area contributed by atoms with Gasteiger partial charge in [-0.25, -0.2) is 4.98 Å². The fourth-order valence-electron chi connectivity index (χ4n) is 2.13. The predicted molar refractivity (Wildman–Crippen MR) is 58.2 cm³/mol. The lowest BCUT2D eigenvalue weighted by molar-refractivity contribution is 0.459. The number of aromatic nitrogens is 2. The van der Waals surface area contributed by atoms with Gasteiger partial charge in [0.25, 0.3) is 0 Å². The third-order valence-electron chi connectivity index (χ3n) is 3.14. The van der Waals surface area contributed by atoms with Crippen LogP contribution in [0.25, 0.3) is 0 Å². The standard InChI is InChI=1S/C10H14BrN3/c11-10-9(6-1-2-6)13-8-5-7(12)3-4-14(8)10/h6-7H,1-5,12H2. The Bertz CT molecular complexity index is 368. The van der Waals surface area contributed by atoms with E-state index in [-0.39, 0.29) is 0 Å². The topological polar surface area (TPSA) is 43.8 Å². The molecule has 1 aliphatic heterocycles. The van der Waals surface area contributed by atoms with Crippen molar-refractivity contribution in [2.24, 2.45) is 5.73 Å². The van der Waals surface area contributed by atoms with Crippen molar-refractivity contribution >= 4 is 15.9 Å². The molecule has 2 heterocycles. The smallest absolute Gasteiger partial charge is 0.111 e. The van der Waals surface area contributed by atoms with Crippen molar-refractivity contribution in [3.63, 3.8) is 0 Å². The Balaban J connectivity index is 2.01. The van der Waals surface area contributed by atoms with E-state index in [1.54, 1.807) is 0 Å². The average molecular weight is 256 g/mol. The summed E-state index contributed by atoms with van der Waals surface area (Å²) in [5.74, 6) is 1.90. The van der Waals surface area contributed by atoms with Crippen LogP contribution in [0.4, 0.5) is 0 Å². The second-order valence-corrected chi connectivity index (χ2v) is 5.13. The Morgan fingerprint density at radius 3 is 2.86 bits per heavy atom. The van der Waals surface area contributed by atoms with E-state index < -0.39 is 0 Å². The van der Waals surface area contributed by atoms with Crippen LogP contribution in [0.2, 0.25) is 0 Å². The Hall–Kier alpha value is -0.350. The van der Waals surface area contributed by atoms with Gasteiger partial charge in [-0.3, -0.25) is 0 Å².